The highest BCUT2D eigenvalue weighted by Crippen LogP contribution is 2.00. The molecule has 0 N–H and O–H groups in total. The van der Waals surface area contributed by atoms with E-state index in [1.807, 2.05) is 0 Å². The van der Waals surface area contributed by atoms with E-state index in [1.165, 1.54) is 0 Å². The topological polar surface area (TPSA) is 3.24 Å². The summed E-state index contributed by atoms with van der Waals surface area (Å²) < 4.78 is 1.04. The largest absolute Gasteiger partial charge is 0.302 e. The van der Waals surface area contributed by atoms with Crippen LogP contribution in [-0.4, -0.2) is 25.0 Å². The smallest absolute Gasteiger partial charge is 0.0290 e. The molecule has 0 rings (SSSR count). The summed E-state index contributed by atoms with van der Waals surface area (Å²) in [6.07, 6.45) is 0. The van der Waals surface area contributed by atoms with Crippen molar-refractivity contribution >= 4 is 15.9 Å². The molecule has 0 saturated heterocycles. The van der Waals surface area contributed by atoms with Crippen molar-refractivity contribution < 1.29 is 0 Å². The molecule has 0 atom stereocenters. The Morgan fingerprint density at radius 2 is 2.25 bits per heavy atom. The highest BCUT2D eigenvalue weighted by atomic mass is 79.9. The van der Waals surface area contributed by atoms with Crippen molar-refractivity contribution in [1.29, 1.82) is 0 Å². The summed E-state index contributed by atoms with van der Waals surface area (Å²) in [4.78, 5) is 2.18. The van der Waals surface area contributed by atoms with Crippen molar-refractivity contribution in [2.45, 2.75) is 6.92 Å². The Hall–Kier alpha value is 0.180. The van der Waals surface area contributed by atoms with Gasteiger partial charge >= 0.3 is 0 Å². The Bertz CT molecular complexity index is 80.6. The van der Waals surface area contributed by atoms with Crippen LogP contribution in [0.1, 0.15) is 6.92 Å². The molecule has 0 heterocycles. The molecule has 0 aromatic rings. The van der Waals surface area contributed by atoms with Crippen LogP contribution in [0.25, 0.3) is 0 Å². The highest BCUT2D eigenvalue weighted by Gasteiger charge is 1.92. The number of nitrogens with zero attached hydrogens (tertiary/aromatic N) is 1. The zero-order valence-electron chi connectivity index (χ0n) is 5.45. The number of hydrogen-bond acceptors (Lipinski definition) is 1. The molecule has 0 aromatic heterocycles. The summed E-state index contributed by atoms with van der Waals surface area (Å²) >= 11 is 3.28. The number of hydrogen-bond donors (Lipinski definition) is 0. The second kappa shape index (κ2) is 4.10. The van der Waals surface area contributed by atoms with Gasteiger partial charge in [0.2, 0.25) is 0 Å². The van der Waals surface area contributed by atoms with Gasteiger partial charge in [-0.2, -0.15) is 0 Å². The van der Waals surface area contributed by atoms with Crippen molar-refractivity contribution in [2.75, 3.05) is 20.1 Å². The third kappa shape index (κ3) is 4.34. The Morgan fingerprint density at radius 3 is 2.38 bits per heavy atom. The second-order valence-electron chi connectivity index (χ2n) is 1.85. The zero-order chi connectivity index (χ0) is 6.57. The molecule has 0 unspecified atom stereocenters. The first kappa shape index (κ1) is 8.18. The van der Waals surface area contributed by atoms with Crippen molar-refractivity contribution in [3.8, 4) is 0 Å². The van der Waals surface area contributed by atoms with Gasteiger partial charge in [-0.05, 0) is 13.6 Å². The molecule has 0 fully saturated rings. The van der Waals surface area contributed by atoms with Crippen molar-refractivity contribution in [3.63, 3.8) is 0 Å². The van der Waals surface area contributed by atoms with E-state index in [0.29, 0.717) is 0 Å². The first-order valence-electron chi connectivity index (χ1n) is 2.68. The molecule has 0 spiro atoms. The molecule has 0 aromatic carbocycles. The van der Waals surface area contributed by atoms with Crippen LogP contribution < -0.4 is 0 Å². The van der Waals surface area contributed by atoms with E-state index in [2.05, 4.69) is 41.4 Å². The molecule has 1 nitrogen and oxygen atoms in total. The fraction of sp³-hybridized carbons (Fsp3) is 0.667. The summed E-state index contributed by atoms with van der Waals surface area (Å²) in [5.74, 6) is 0. The Balaban J connectivity index is 3.24. The normalized spacial score (nSPS) is 10.0. The SMILES string of the molecule is C=C(Br)CN(C)CC. The van der Waals surface area contributed by atoms with Crippen LogP contribution in [0.15, 0.2) is 11.1 Å². The number of likely N-dealkylation sites (N-methyl/N-ethyl adjacent to an activating group) is 1. The minimum Gasteiger partial charge on any atom is -0.302 e. The van der Waals surface area contributed by atoms with E-state index in [-0.39, 0.29) is 0 Å². The minimum atomic E-state index is 0.941. The average molecular weight is 178 g/mol. The van der Waals surface area contributed by atoms with Crippen LogP contribution in [0.3, 0.4) is 0 Å². The summed E-state index contributed by atoms with van der Waals surface area (Å²) in [5, 5.41) is 0. The molecule has 0 radical (unpaired) electrons. The molecule has 48 valence electrons. The van der Waals surface area contributed by atoms with Crippen LogP contribution >= 0.6 is 15.9 Å². The van der Waals surface area contributed by atoms with Gasteiger partial charge in [-0.1, -0.05) is 29.4 Å². The molecule has 8 heavy (non-hydrogen) atoms. The quantitative estimate of drug-likeness (QED) is 0.637. The van der Waals surface area contributed by atoms with Gasteiger partial charge in [0.15, 0.2) is 0 Å². The summed E-state index contributed by atoms with van der Waals surface area (Å²) in [7, 11) is 2.06. The van der Waals surface area contributed by atoms with Crippen LogP contribution in [-0.2, 0) is 0 Å². The predicted molar refractivity (Wildman–Crippen MR) is 41.2 cm³/mol. The lowest BCUT2D eigenvalue weighted by molar-refractivity contribution is 0.391. The molecule has 0 saturated carbocycles. The molecule has 2 heteroatoms. The summed E-state index contributed by atoms with van der Waals surface area (Å²) in [6.45, 7) is 7.85. The summed E-state index contributed by atoms with van der Waals surface area (Å²) in [6, 6.07) is 0. The number of rotatable bonds is 3. The van der Waals surface area contributed by atoms with Gasteiger partial charge in [-0.3, -0.25) is 0 Å². The van der Waals surface area contributed by atoms with Gasteiger partial charge < -0.3 is 4.90 Å². The highest BCUT2D eigenvalue weighted by molar-refractivity contribution is 9.11. The van der Waals surface area contributed by atoms with Gasteiger partial charge in [0.05, 0.1) is 0 Å². The molecular formula is C6H12BrN. The Kier molecular flexibility index (Phi) is 4.19. The van der Waals surface area contributed by atoms with Crippen molar-refractivity contribution in [2.24, 2.45) is 0 Å². The van der Waals surface area contributed by atoms with Gasteiger partial charge in [-0.15, -0.1) is 0 Å². The van der Waals surface area contributed by atoms with Crippen molar-refractivity contribution in [1.82, 2.24) is 4.90 Å². The third-order valence-corrected chi connectivity index (χ3v) is 1.23. The third-order valence-electron chi connectivity index (χ3n) is 0.981. The molecular weight excluding hydrogens is 166 g/mol. The van der Waals surface area contributed by atoms with Gasteiger partial charge in [0.25, 0.3) is 0 Å². The standard InChI is InChI=1S/C6H12BrN/c1-4-8(3)5-6(2)7/h2,4-5H2,1,3H3. The number of halogens is 1. The lowest BCUT2D eigenvalue weighted by Crippen LogP contribution is -2.18. The van der Waals surface area contributed by atoms with E-state index in [9.17, 15) is 0 Å². The molecule has 0 amide bonds. The second-order valence-corrected chi connectivity index (χ2v) is 2.97. The van der Waals surface area contributed by atoms with E-state index >= 15 is 0 Å². The van der Waals surface area contributed by atoms with Gasteiger partial charge in [0, 0.05) is 11.0 Å². The fourth-order valence-corrected chi connectivity index (χ4v) is 0.833. The first-order chi connectivity index (χ1) is 3.66. The molecule has 0 aliphatic rings. The average Bonchev–Trinajstić information content (AvgIpc) is 1.65. The maximum absolute atomic E-state index is 3.72. The van der Waals surface area contributed by atoms with Crippen molar-refractivity contribution in [3.05, 3.63) is 11.1 Å². The van der Waals surface area contributed by atoms with Crippen LogP contribution in [0.2, 0.25) is 0 Å². The van der Waals surface area contributed by atoms with E-state index in [4.69, 9.17) is 0 Å². The van der Waals surface area contributed by atoms with Crippen LogP contribution in [0, 0.1) is 0 Å². The lowest BCUT2D eigenvalue weighted by Gasteiger charge is -2.11. The minimum absolute atomic E-state index is 0.941. The van der Waals surface area contributed by atoms with Crippen LogP contribution in [0.5, 0.6) is 0 Å². The van der Waals surface area contributed by atoms with Gasteiger partial charge in [-0.25, -0.2) is 0 Å². The Morgan fingerprint density at radius 1 is 1.75 bits per heavy atom. The molecule has 0 aliphatic heterocycles. The van der Waals surface area contributed by atoms with E-state index in [1.54, 1.807) is 0 Å². The maximum Gasteiger partial charge on any atom is 0.0290 e. The van der Waals surface area contributed by atoms with E-state index in [0.717, 1.165) is 17.6 Å². The maximum atomic E-state index is 3.72. The molecule has 0 aliphatic carbocycles. The molecule has 0 bridgehead atoms. The predicted octanol–water partition coefficient (Wildman–Crippen LogP) is 1.85. The summed E-state index contributed by atoms with van der Waals surface area (Å²) in [5.41, 5.74) is 0. The Labute approximate surface area is 59.5 Å². The monoisotopic (exact) mass is 177 g/mol. The zero-order valence-corrected chi connectivity index (χ0v) is 7.03. The first-order valence-corrected chi connectivity index (χ1v) is 3.48. The van der Waals surface area contributed by atoms with Gasteiger partial charge in [0.1, 0.15) is 0 Å². The van der Waals surface area contributed by atoms with E-state index < -0.39 is 0 Å². The lowest BCUT2D eigenvalue weighted by atomic mass is 10.5. The van der Waals surface area contributed by atoms with Crippen LogP contribution in [0.4, 0.5) is 0 Å². The fourth-order valence-electron chi connectivity index (χ4n) is 0.405.